The average molecular weight is 549 g/mol. The van der Waals surface area contributed by atoms with E-state index >= 15 is 0 Å². The zero-order chi connectivity index (χ0) is 27.9. The molecule has 2 aromatic carbocycles. The maximum atomic E-state index is 10.3. The highest BCUT2D eigenvalue weighted by Crippen LogP contribution is 2.37. The molecule has 0 aliphatic carbocycles. The van der Waals surface area contributed by atoms with Gasteiger partial charge in [-0.2, -0.15) is 0 Å². The third-order valence-electron chi connectivity index (χ3n) is 6.45. The SMILES string of the molecule is CC(C)(O)c1cccc(Cc2cnc(-c3nc(-c4cc(Cl)c5ncccc5c4)c(-c4ccccc4)nc3N)o2)n1. The molecule has 0 amide bonds. The number of oxazole rings is 1. The Labute approximate surface area is 235 Å². The predicted octanol–water partition coefficient (Wildman–Crippen LogP) is 6.46. The van der Waals surface area contributed by atoms with Crippen molar-refractivity contribution in [2.24, 2.45) is 0 Å². The summed E-state index contributed by atoms with van der Waals surface area (Å²) in [6, 6.07) is 22.9. The number of pyridine rings is 2. The second-order valence-electron chi connectivity index (χ2n) is 9.94. The van der Waals surface area contributed by atoms with Crippen LogP contribution >= 0.6 is 11.6 Å². The molecule has 0 fully saturated rings. The standard InChI is InChI=1S/C31H25ClN6O2/c1-31(2,39)24-12-6-11-21(36-24)16-22-17-35-30(40-22)28-29(33)38-26(18-8-4-3-5-9-18)27(37-28)20-14-19-10-7-13-34-25(19)23(32)15-20/h3-15,17,39H,16H2,1-2H3,(H2,33,38). The molecule has 4 heterocycles. The summed E-state index contributed by atoms with van der Waals surface area (Å²) >= 11 is 6.63. The number of fused-ring (bicyclic) bond motifs is 1. The van der Waals surface area contributed by atoms with Crippen LogP contribution in [0.2, 0.25) is 5.02 Å². The summed E-state index contributed by atoms with van der Waals surface area (Å²) in [5.41, 5.74) is 10.5. The van der Waals surface area contributed by atoms with E-state index in [0.717, 1.165) is 22.2 Å². The van der Waals surface area contributed by atoms with Gasteiger partial charge in [0.2, 0.25) is 5.89 Å². The summed E-state index contributed by atoms with van der Waals surface area (Å²) in [5.74, 6) is 1.00. The molecule has 0 saturated heterocycles. The van der Waals surface area contributed by atoms with Crippen molar-refractivity contribution in [2.45, 2.75) is 25.9 Å². The van der Waals surface area contributed by atoms with Gasteiger partial charge < -0.3 is 15.3 Å². The smallest absolute Gasteiger partial charge is 0.249 e. The van der Waals surface area contributed by atoms with Gasteiger partial charge in [-0.25, -0.2) is 15.0 Å². The van der Waals surface area contributed by atoms with Crippen LogP contribution in [0, 0.1) is 0 Å². The fourth-order valence-corrected chi connectivity index (χ4v) is 4.76. The Morgan fingerprint density at radius 2 is 1.65 bits per heavy atom. The number of nitrogen functional groups attached to an aromatic ring is 1. The Balaban J connectivity index is 1.44. The molecule has 6 aromatic rings. The van der Waals surface area contributed by atoms with E-state index in [1.54, 1.807) is 32.3 Å². The molecule has 9 heteroatoms. The van der Waals surface area contributed by atoms with Gasteiger partial charge in [0.05, 0.1) is 33.8 Å². The van der Waals surface area contributed by atoms with Crippen LogP contribution in [-0.2, 0) is 12.0 Å². The van der Waals surface area contributed by atoms with E-state index in [0.29, 0.717) is 45.5 Å². The van der Waals surface area contributed by atoms with Crippen LogP contribution in [0.4, 0.5) is 5.82 Å². The van der Waals surface area contributed by atoms with Gasteiger partial charge in [0, 0.05) is 34.8 Å². The van der Waals surface area contributed by atoms with Gasteiger partial charge in [-0.05, 0) is 44.2 Å². The molecule has 0 aliphatic heterocycles. The van der Waals surface area contributed by atoms with E-state index in [1.807, 2.05) is 66.7 Å². The van der Waals surface area contributed by atoms with Crippen molar-refractivity contribution in [1.29, 1.82) is 0 Å². The van der Waals surface area contributed by atoms with Crippen molar-refractivity contribution in [1.82, 2.24) is 24.9 Å². The average Bonchev–Trinajstić information content (AvgIpc) is 3.41. The minimum absolute atomic E-state index is 0.187. The lowest BCUT2D eigenvalue weighted by atomic mass is 10.0. The van der Waals surface area contributed by atoms with Crippen molar-refractivity contribution in [3.63, 3.8) is 0 Å². The number of nitrogens with zero attached hydrogens (tertiary/aromatic N) is 5. The first-order chi connectivity index (χ1) is 19.3. The number of hydrogen-bond donors (Lipinski definition) is 2. The minimum Gasteiger partial charge on any atom is -0.439 e. The fourth-order valence-electron chi connectivity index (χ4n) is 4.48. The number of halogens is 1. The highest BCUT2D eigenvalue weighted by Gasteiger charge is 2.22. The Morgan fingerprint density at radius 3 is 2.45 bits per heavy atom. The molecule has 0 unspecified atom stereocenters. The molecule has 0 bridgehead atoms. The second-order valence-corrected chi connectivity index (χ2v) is 10.3. The largest absolute Gasteiger partial charge is 0.439 e. The van der Waals surface area contributed by atoms with E-state index in [-0.39, 0.29) is 11.7 Å². The van der Waals surface area contributed by atoms with E-state index in [4.69, 9.17) is 31.7 Å². The zero-order valence-electron chi connectivity index (χ0n) is 21.8. The molecule has 4 aromatic heterocycles. The number of aromatic nitrogens is 5. The second kappa shape index (κ2) is 10.1. The molecular weight excluding hydrogens is 524 g/mol. The van der Waals surface area contributed by atoms with Gasteiger partial charge in [0.15, 0.2) is 11.5 Å². The predicted molar refractivity (Wildman–Crippen MR) is 155 cm³/mol. The summed E-state index contributed by atoms with van der Waals surface area (Å²) in [5, 5.41) is 11.7. The van der Waals surface area contributed by atoms with Gasteiger partial charge in [-0.15, -0.1) is 0 Å². The summed E-state index contributed by atoms with van der Waals surface area (Å²) in [6.45, 7) is 3.39. The first kappa shape index (κ1) is 25.6. The molecule has 0 spiro atoms. The van der Waals surface area contributed by atoms with Gasteiger partial charge >= 0.3 is 0 Å². The first-order valence-corrected chi connectivity index (χ1v) is 13.1. The normalized spacial score (nSPS) is 11.7. The molecule has 3 N–H and O–H groups in total. The lowest BCUT2D eigenvalue weighted by Crippen LogP contribution is -2.18. The van der Waals surface area contributed by atoms with Crippen molar-refractivity contribution in [2.75, 3.05) is 5.73 Å². The van der Waals surface area contributed by atoms with Crippen LogP contribution < -0.4 is 5.73 Å². The van der Waals surface area contributed by atoms with Crippen LogP contribution in [0.5, 0.6) is 0 Å². The number of aliphatic hydroxyl groups is 1. The third-order valence-corrected chi connectivity index (χ3v) is 6.74. The molecule has 8 nitrogen and oxygen atoms in total. The van der Waals surface area contributed by atoms with Crippen LogP contribution in [0.1, 0.15) is 31.0 Å². The third kappa shape index (κ3) is 5.02. The van der Waals surface area contributed by atoms with Crippen molar-refractivity contribution in [3.8, 4) is 34.1 Å². The van der Waals surface area contributed by atoms with Gasteiger partial charge in [0.1, 0.15) is 11.4 Å². The highest BCUT2D eigenvalue weighted by molar-refractivity contribution is 6.35. The van der Waals surface area contributed by atoms with Gasteiger partial charge in [0.25, 0.3) is 0 Å². The van der Waals surface area contributed by atoms with Crippen molar-refractivity contribution >= 4 is 28.3 Å². The van der Waals surface area contributed by atoms with Crippen molar-refractivity contribution in [3.05, 3.63) is 107 Å². The van der Waals surface area contributed by atoms with E-state index in [1.165, 1.54) is 0 Å². The maximum Gasteiger partial charge on any atom is 0.249 e. The van der Waals surface area contributed by atoms with Gasteiger partial charge in [-0.3, -0.25) is 9.97 Å². The van der Waals surface area contributed by atoms with Crippen LogP contribution in [-0.4, -0.2) is 30.0 Å². The first-order valence-electron chi connectivity index (χ1n) is 12.7. The lowest BCUT2D eigenvalue weighted by molar-refractivity contribution is 0.0736. The Bertz CT molecular complexity index is 1850. The zero-order valence-corrected chi connectivity index (χ0v) is 22.6. The summed E-state index contributed by atoms with van der Waals surface area (Å²) < 4.78 is 6.08. The molecule has 0 saturated carbocycles. The number of rotatable bonds is 6. The molecule has 0 aliphatic rings. The van der Waals surface area contributed by atoms with Crippen LogP contribution in [0.25, 0.3) is 45.0 Å². The molecule has 0 atom stereocenters. The van der Waals surface area contributed by atoms with E-state index < -0.39 is 5.60 Å². The Kier molecular flexibility index (Phi) is 6.50. The summed E-state index contributed by atoms with van der Waals surface area (Å²) in [7, 11) is 0. The quantitative estimate of drug-likeness (QED) is 0.243. The summed E-state index contributed by atoms with van der Waals surface area (Å²) in [6.07, 6.45) is 3.71. The summed E-state index contributed by atoms with van der Waals surface area (Å²) in [4.78, 5) is 23.1. The van der Waals surface area contributed by atoms with Crippen LogP contribution in [0.3, 0.4) is 0 Å². The van der Waals surface area contributed by atoms with Crippen LogP contribution in [0.15, 0.2) is 89.6 Å². The number of nitrogens with two attached hydrogens (primary N) is 1. The number of benzene rings is 2. The Hall–Kier alpha value is -4.66. The minimum atomic E-state index is -1.05. The van der Waals surface area contributed by atoms with Gasteiger partial charge in [-0.1, -0.05) is 54.1 Å². The van der Waals surface area contributed by atoms with Crippen molar-refractivity contribution < 1.29 is 9.52 Å². The lowest BCUT2D eigenvalue weighted by Gasteiger charge is -2.16. The highest BCUT2D eigenvalue weighted by atomic mass is 35.5. The molecule has 198 valence electrons. The molecule has 0 radical (unpaired) electrons. The maximum absolute atomic E-state index is 10.3. The monoisotopic (exact) mass is 548 g/mol. The van der Waals surface area contributed by atoms with E-state index in [2.05, 4.69) is 15.0 Å². The van der Waals surface area contributed by atoms with E-state index in [9.17, 15) is 5.11 Å². The molecule has 40 heavy (non-hydrogen) atoms. The molecular formula is C31H25ClN6O2. The fraction of sp³-hybridized carbons (Fsp3) is 0.129. The topological polar surface area (TPSA) is 124 Å². The number of hydrogen-bond acceptors (Lipinski definition) is 8. The molecule has 6 rings (SSSR count). The Morgan fingerprint density at radius 1 is 0.850 bits per heavy atom. The number of anilines is 1.